The van der Waals surface area contributed by atoms with E-state index in [1.807, 2.05) is 7.05 Å². The van der Waals surface area contributed by atoms with Crippen molar-refractivity contribution in [2.75, 3.05) is 27.2 Å². The first-order valence-corrected chi connectivity index (χ1v) is 6.38. The lowest BCUT2D eigenvalue weighted by molar-refractivity contribution is -0.0440. The molecule has 5 heteroatoms. The Morgan fingerprint density at radius 2 is 2.06 bits per heavy atom. The quantitative estimate of drug-likeness (QED) is 0.593. The van der Waals surface area contributed by atoms with E-state index >= 15 is 0 Å². The van der Waals surface area contributed by atoms with Crippen LogP contribution in [-0.4, -0.2) is 49.3 Å². The van der Waals surface area contributed by atoms with Crippen LogP contribution in [0.1, 0.15) is 32.1 Å². The number of nitrogens with zero attached hydrogens (tertiary/aromatic N) is 2. The third kappa shape index (κ3) is 2.72. The molecule has 0 aliphatic heterocycles. The van der Waals surface area contributed by atoms with Crippen LogP contribution in [0.5, 0.6) is 0 Å². The van der Waals surface area contributed by atoms with Gasteiger partial charge in [0.05, 0.1) is 0 Å². The van der Waals surface area contributed by atoms with Gasteiger partial charge in [-0.15, -0.1) is 0 Å². The van der Waals surface area contributed by atoms with Crippen LogP contribution in [0.3, 0.4) is 0 Å². The van der Waals surface area contributed by atoms with Gasteiger partial charge in [-0.05, 0) is 31.1 Å². The number of rotatable bonds is 4. The molecular weight excluding hydrogens is 218 g/mol. The molecule has 0 saturated heterocycles. The topological polar surface area (TPSA) is 58.8 Å². The van der Waals surface area contributed by atoms with E-state index in [0.29, 0.717) is 24.6 Å². The Hall–Kier alpha value is -0.810. The van der Waals surface area contributed by atoms with E-state index < -0.39 is 0 Å². The van der Waals surface area contributed by atoms with E-state index in [9.17, 15) is 4.79 Å². The molecule has 0 radical (unpaired) electrons. The second-order valence-corrected chi connectivity index (χ2v) is 5.62. The summed E-state index contributed by atoms with van der Waals surface area (Å²) >= 11 is 0. The Morgan fingerprint density at radius 3 is 2.53 bits per heavy atom. The standard InChI is InChI=1S/C12H23N3O2/c1-14(13)6-7-17-11(16)15(2)10-8-12(9-10)4-3-5-12/h10H,3-9,13H2,1-2H3. The SMILES string of the molecule is CN(N)CCOC(=O)N(C)C1CC2(CCC2)C1. The van der Waals surface area contributed by atoms with E-state index in [2.05, 4.69) is 0 Å². The van der Waals surface area contributed by atoms with Gasteiger partial charge in [-0.1, -0.05) is 6.42 Å². The van der Waals surface area contributed by atoms with Gasteiger partial charge in [0.25, 0.3) is 0 Å². The van der Waals surface area contributed by atoms with Gasteiger partial charge >= 0.3 is 6.09 Å². The number of carbonyl (C=O) groups excluding carboxylic acids is 1. The summed E-state index contributed by atoms with van der Waals surface area (Å²) in [5, 5.41) is 1.51. The number of hydrogen-bond donors (Lipinski definition) is 1. The molecule has 2 fully saturated rings. The third-order valence-electron chi connectivity index (χ3n) is 4.26. The number of hydrogen-bond acceptors (Lipinski definition) is 4. The summed E-state index contributed by atoms with van der Waals surface area (Å²) < 4.78 is 5.16. The van der Waals surface area contributed by atoms with Crippen molar-refractivity contribution in [2.45, 2.75) is 38.1 Å². The molecule has 5 nitrogen and oxygen atoms in total. The monoisotopic (exact) mass is 241 g/mol. The van der Waals surface area contributed by atoms with Crippen molar-refractivity contribution in [3.05, 3.63) is 0 Å². The number of hydrazine groups is 1. The molecule has 2 aliphatic carbocycles. The van der Waals surface area contributed by atoms with Crippen LogP contribution in [-0.2, 0) is 4.74 Å². The molecule has 0 bridgehead atoms. The van der Waals surface area contributed by atoms with Gasteiger partial charge in [-0.3, -0.25) is 5.84 Å². The lowest BCUT2D eigenvalue weighted by atomic mass is 9.54. The first-order chi connectivity index (χ1) is 8.02. The molecule has 17 heavy (non-hydrogen) atoms. The van der Waals surface area contributed by atoms with Crippen molar-refractivity contribution in [3.63, 3.8) is 0 Å². The Balaban J connectivity index is 1.66. The fraction of sp³-hybridized carbons (Fsp3) is 0.917. The first kappa shape index (κ1) is 12.6. The Labute approximate surface area is 103 Å². The number of nitrogens with two attached hydrogens (primary N) is 1. The molecule has 0 atom stereocenters. The molecule has 0 aromatic heterocycles. The maximum Gasteiger partial charge on any atom is 0.409 e. The second-order valence-electron chi connectivity index (χ2n) is 5.62. The predicted molar refractivity (Wildman–Crippen MR) is 65.2 cm³/mol. The summed E-state index contributed by atoms with van der Waals surface area (Å²) in [6, 6.07) is 0.387. The average molecular weight is 241 g/mol. The van der Waals surface area contributed by atoms with Crippen molar-refractivity contribution in [2.24, 2.45) is 11.3 Å². The molecule has 0 heterocycles. The molecule has 2 rings (SSSR count). The largest absolute Gasteiger partial charge is 0.448 e. The predicted octanol–water partition coefficient (Wildman–Crippen LogP) is 1.19. The van der Waals surface area contributed by atoms with Crippen LogP contribution in [0.15, 0.2) is 0 Å². The van der Waals surface area contributed by atoms with Gasteiger partial charge in [0.15, 0.2) is 0 Å². The maximum absolute atomic E-state index is 11.7. The number of ether oxygens (including phenoxy) is 1. The molecule has 1 spiro atoms. The Kier molecular flexibility index (Phi) is 3.58. The normalized spacial score (nSPS) is 22.1. The lowest BCUT2D eigenvalue weighted by Gasteiger charge is -2.56. The molecule has 98 valence electrons. The third-order valence-corrected chi connectivity index (χ3v) is 4.26. The van der Waals surface area contributed by atoms with E-state index in [-0.39, 0.29) is 6.09 Å². The summed E-state index contributed by atoms with van der Waals surface area (Å²) in [5.41, 5.74) is 0.594. The van der Waals surface area contributed by atoms with Crippen molar-refractivity contribution < 1.29 is 9.53 Å². The van der Waals surface area contributed by atoms with Gasteiger partial charge in [0.1, 0.15) is 6.61 Å². The van der Waals surface area contributed by atoms with Gasteiger partial charge in [-0.2, -0.15) is 0 Å². The molecule has 2 aliphatic rings. The highest BCUT2D eigenvalue weighted by atomic mass is 16.6. The molecule has 2 N–H and O–H groups in total. The zero-order valence-electron chi connectivity index (χ0n) is 10.8. The molecular formula is C12H23N3O2. The van der Waals surface area contributed by atoms with Crippen LogP contribution >= 0.6 is 0 Å². The summed E-state index contributed by atoms with van der Waals surface area (Å²) in [6.45, 7) is 0.919. The minimum Gasteiger partial charge on any atom is -0.448 e. The Bertz CT molecular complexity index is 281. The van der Waals surface area contributed by atoms with Crippen molar-refractivity contribution >= 4 is 6.09 Å². The van der Waals surface area contributed by atoms with Crippen molar-refractivity contribution in [3.8, 4) is 0 Å². The molecule has 0 aromatic carbocycles. The molecule has 0 aromatic rings. The van der Waals surface area contributed by atoms with E-state index in [4.69, 9.17) is 10.6 Å². The van der Waals surface area contributed by atoms with Gasteiger partial charge < -0.3 is 9.64 Å². The number of likely N-dealkylation sites (N-methyl/N-ethyl adjacent to an activating group) is 1. The van der Waals surface area contributed by atoms with Crippen LogP contribution < -0.4 is 5.84 Å². The fourth-order valence-corrected chi connectivity index (χ4v) is 2.83. The van der Waals surface area contributed by atoms with Crippen LogP contribution in [0, 0.1) is 5.41 Å². The van der Waals surface area contributed by atoms with E-state index in [1.54, 1.807) is 11.9 Å². The van der Waals surface area contributed by atoms with Crippen molar-refractivity contribution in [1.82, 2.24) is 9.91 Å². The molecule has 1 amide bonds. The van der Waals surface area contributed by atoms with E-state index in [1.165, 1.54) is 24.3 Å². The highest BCUT2D eigenvalue weighted by Gasteiger charge is 2.50. The summed E-state index contributed by atoms with van der Waals surface area (Å²) in [6.07, 6.45) is 6.18. The van der Waals surface area contributed by atoms with Crippen LogP contribution in [0.25, 0.3) is 0 Å². The zero-order valence-corrected chi connectivity index (χ0v) is 10.8. The first-order valence-electron chi connectivity index (χ1n) is 6.38. The summed E-state index contributed by atoms with van der Waals surface area (Å²) in [4.78, 5) is 13.5. The summed E-state index contributed by atoms with van der Waals surface area (Å²) in [5.74, 6) is 5.44. The smallest absolute Gasteiger partial charge is 0.409 e. The fourth-order valence-electron chi connectivity index (χ4n) is 2.83. The Morgan fingerprint density at radius 1 is 1.41 bits per heavy atom. The van der Waals surface area contributed by atoms with Crippen LogP contribution in [0.4, 0.5) is 4.79 Å². The minimum atomic E-state index is -0.217. The van der Waals surface area contributed by atoms with Gasteiger partial charge in [0.2, 0.25) is 0 Å². The molecule has 2 saturated carbocycles. The molecule has 0 unspecified atom stereocenters. The number of carbonyl (C=O) groups is 1. The summed E-state index contributed by atoms with van der Waals surface area (Å²) in [7, 11) is 3.59. The van der Waals surface area contributed by atoms with Gasteiger partial charge in [-0.25, -0.2) is 9.80 Å². The van der Waals surface area contributed by atoms with Crippen LogP contribution in [0.2, 0.25) is 0 Å². The highest BCUT2D eigenvalue weighted by Crippen LogP contribution is 2.57. The number of amides is 1. The minimum absolute atomic E-state index is 0.217. The second kappa shape index (κ2) is 4.82. The zero-order chi connectivity index (χ0) is 12.5. The maximum atomic E-state index is 11.7. The lowest BCUT2D eigenvalue weighted by Crippen LogP contribution is -2.54. The highest BCUT2D eigenvalue weighted by molar-refractivity contribution is 5.67. The van der Waals surface area contributed by atoms with E-state index in [0.717, 1.165) is 12.8 Å². The van der Waals surface area contributed by atoms with Gasteiger partial charge in [0, 0.05) is 26.7 Å². The average Bonchev–Trinajstić information content (AvgIpc) is 2.12. The van der Waals surface area contributed by atoms with Crippen molar-refractivity contribution in [1.29, 1.82) is 0 Å².